The molecule has 10 rings (SSSR count). The average molecular weight is 977 g/mol. The van der Waals surface area contributed by atoms with E-state index >= 15 is 0 Å². The van der Waals surface area contributed by atoms with Crippen molar-refractivity contribution in [2.24, 2.45) is 0 Å². The third-order valence-corrected chi connectivity index (χ3v) is 10.8. The summed E-state index contributed by atoms with van der Waals surface area (Å²) in [6.07, 6.45) is 3.88. The van der Waals surface area contributed by atoms with E-state index in [9.17, 15) is 0 Å². The first-order chi connectivity index (χ1) is 31.7. The number of hydrogen-bond donors (Lipinski definition) is 0. The zero-order valence-corrected chi connectivity index (χ0v) is 36.6. The Bertz CT molecular complexity index is 3240. The molecule has 0 fully saturated rings. The summed E-state index contributed by atoms with van der Waals surface area (Å²) in [7, 11) is 0. The van der Waals surface area contributed by atoms with Crippen LogP contribution in [0.2, 0.25) is 0 Å². The van der Waals surface area contributed by atoms with Crippen LogP contribution in [0.4, 0.5) is 0 Å². The molecule has 0 aliphatic rings. The molecule has 303 valence electrons. The van der Waals surface area contributed by atoms with Crippen LogP contribution in [-0.2, 0) is 20.1 Å². The summed E-state index contributed by atoms with van der Waals surface area (Å²) < 4.78 is 52.5. The molecular weight excluding hydrogens is 925 g/mol. The van der Waals surface area contributed by atoms with Crippen molar-refractivity contribution in [3.05, 3.63) is 193 Å². The summed E-state index contributed by atoms with van der Waals surface area (Å²) in [5.41, 5.74) is 14.2. The number of nitrogens with zero attached hydrogens (tertiary/aromatic N) is 4. The molecule has 0 bridgehead atoms. The van der Waals surface area contributed by atoms with Gasteiger partial charge in [0.15, 0.2) is 0 Å². The standard InChI is InChI=1S/C43H35N2O.C12H11N2.Ir/c1-27(2)36-24-32(30-16-9-6-10-17-30)25-37(28(3)4)41(36)45-39-21-12-11-20-38(39)44-43(45)35-19-13-18-34-33-23-22-31(26-40(33)46-42(34)35)29-14-7-5-8-15-29;1-9-3-6-12(14-7-9)11-5-4-10(2)13-8-11;/h5-18,20-28H,1-4H3;3-7H,1-2H3;/q2*-1;/i;1D3,2D3;. The zero-order valence-electron chi connectivity index (χ0n) is 40.2. The second-order valence-electron chi connectivity index (χ2n) is 15.5. The number of aryl methyl sites for hydroxylation is 2. The van der Waals surface area contributed by atoms with Crippen LogP contribution in [0.15, 0.2) is 162 Å². The molecule has 6 heteroatoms. The van der Waals surface area contributed by atoms with Gasteiger partial charge in [-0.05, 0) is 106 Å². The SMILES string of the molecule is CC(C)c1cc(-c2ccccc2)cc(C(C)C)c1-n1c(-c2[c-]ccc3c2oc2cc(-c4ccccc4)ccc23)nc2ccccc21.[2H]C([2H])([2H])c1ccc(-c2[c-]nc(C([2H])([2H])[2H])cc2)nc1.[Ir]. The molecule has 0 N–H and O–H groups in total. The second kappa shape index (κ2) is 17.6. The van der Waals surface area contributed by atoms with Crippen LogP contribution in [0.1, 0.15) is 70.1 Å². The van der Waals surface area contributed by atoms with E-state index in [4.69, 9.17) is 17.6 Å². The van der Waals surface area contributed by atoms with Gasteiger partial charge in [0.2, 0.25) is 0 Å². The van der Waals surface area contributed by atoms with Gasteiger partial charge in [0.05, 0.1) is 22.4 Å². The number of aromatic nitrogens is 4. The Kier molecular flexibility index (Phi) is 9.91. The van der Waals surface area contributed by atoms with Gasteiger partial charge in [0.1, 0.15) is 5.58 Å². The number of fused-ring (bicyclic) bond motifs is 4. The normalized spacial score (nSPS) is 13.1. The third-order valence-electron chi connectivity index (χ3n) is 10.8. The average Bonchev–Trinajstić information content (AvgIpc) is 3.90. The fourth-order valence-corrected chi connectivity index (χ4v) is 7.81. The molecule has 0 atom stereocenters. The first-order valence-corrected chi connectivity index (χ1v) is 20.2. The van der Waals surface area contributed by atoms with E-state index in [0.717, 1.165) is 49.9 Å². The quantitative estimate of drug-likeness (QED) is 0.149. The van der Waals surface area contributed by atoms with Crippen LogP contribution in [0, 0.1) is 26.0 Å². The van der Waals surface area contributed by atoms with Crippen molar-refractivity contribution in [2.75, 3.05) is 0 Å². The Balaban J connectivity index is 0.000000244. The number of para-hydroxylation sites is 2. The Hall–Kier alpha value is -6.46. The molecular formula is C55H46IrN4O-2. The van der Waals surface area contributed by atoms with Crippen LogP contribution < -0.4 is 0 Å². The molecule has 0 saturated heterocycles. The summed E-state index contributed by atoms with van der Waals surface area (Å²) in [6.45, 7) is 4.67. The van der Waals surface area contributed by atoms with Crippen molar-refractivity contribution in [1.29, 1.82) is 0 Å². The van der Waals surface area contributed by atoms with E-state index in [1.54, 1.807) is 12.1 Å². The number of hydrogen-bond acceptors (Lipinski definition) is 4. The van der Waals surface area contributed by atoms with Crippen molar-refractivity contribution >= 4 is 33.0 Å². The molecule has 1 radical (unpaired) electrons. The molecule has 0 aliphatic carbocycles. The van der Waals surface area contributed by atoms with Crippen LogP contribution in [0.25, 0.3) is 83.6 Å². The van der Waals surface area contributed by atoms with Gasteiger partial charge in [-0.1, -0.05) is 143 Å². The van der Waals surface area contributed by atoms with Gasteiger partial charge >= 0.3 is 0 Å². The van der Waals surface area contributed by atoms with Gasteiger partial charge in [-0.25, -0.2) is 0 Å². The van der Waals surface area contributed by atoms with Crippen LogP contribution in [0.3, 0.4) is 0 Å². The zero-order chi connectivity index (χ0) is 46.3. The summed E-state index contributed by atoms with van der Waals surface area (Å²) >= 11 is 0. The van der Waals surface area contributed by atoms with Crippen molar-refractivity contribution in [3.63, 3.8) is 0 Å². The number of rotatable bonds is 7. The van der Waals surface area contributed by atoms with Crippen molar-refractivity contribution in [3.8, 4) is 50.6 Å². The number of benzene rings is 6. The molecule has 10 aromatic rings. The van der Waals surface area contributed by atoms with Crippen LogP contribution >= 0.6 is 0 Å². The molecule has 0 spiro atoms. The molecule has 61 heavy (non-hydrogen) atoms. The van der Waals surface area contributed by atoms with Crippen LogP contribution in [0.5, 0.6) is 0 Å². The van der Waals surface area contributed by atoms with Gasteiger partial charge in [0.25, 0.3) is 0 Å². The molecule has 0 amide bonds. The van der Waals surface area contributed by atoms with Crippen molar-refractivity contribution < 1.29 is 32.7 Å². The van der Waals surface area contributed by atoms with E-state index in [2.05, 4.69) is 170 Å². The fraction of sp³-hybridized carbons (Fsp3) is 0.145. The van der Waals surface area contributed by atoms with Gasteiger partial charge in [-0.15, -0.1) is 35.9 Å². The monoisotopic (exact) mass is 977 g/mol. The predicted octanol–water partition coefficient (Wildman–Crippen LogP) is 14.5. The van der Waals surface area contributed by atoms with Gasteiger partial charge in [-0.3, -0.25) is 4.98 Å². The maximum absolute atomic E-state index is 7.26. The predicted molar refractivity (Wildman–Crippen MR) is 247 cm³/mol. The molecule has 6 aromatic carbocycles. The first kappa shape index (κ1) is 34.3. The van der Waals surface area contributed by atoms with E-state index in [-0.39, 0.29) is 43.2 Å². The van der Waals surface area contributed by atoms with Crippen molar-refractivity contribution in [2.45, 2.75) is 53.2 Å². The van der Waals surface area contributed by atoms with Gasteiger partial charge in [-0.2, -0.15) is 0 Å². The minimum atomic E-state index is -2.27. The molecule has 0 saturated carbocycles. The summed E-state index contributed by atoms with van der Waals surface area (Å²) in [5, 5.41) is 2.15. The Labute approximate surface area is 380 Å². The largest absolute Gasteiger partial charge is 0.501 e. The summed E-state index contributed by atoms with van der Waals surface area (Å²) in [5.74, 6) is 1.41. The van der Waals surface area contributed by atoms with Crippen molar-refractivity contribution in [1.82, 2.24) is 19.5 Å². The third kappa shape index (κ3) is 8.22. The van der Waals surface area contributed by atoms with E-state index in [1.165, 1.54) is 51.8 Å². The van der Waals surface area contributed by atoms with E-state index in [1.807, 2.05) is 12.1 Å². The Morgan fingerprint density at radius 2 is 1.36 bits per heavy atom. The van der Waals surface area contributed by atoms with Crippen LogP contribution in [-0.4, -0.2) is 19.5 Å². The Morgan fingerprint density at radius 1 is 0.656 bits per heavy atom. The fourth-order valence-electron chi connectivity index (χ4n) is 7.81. The minimum Gasteiger partial charge on any atom is -0.501 e. The molecule has 4 heterocycles. The second-order valence-corrected chi connectivity index (χ2v) is 15.5. The molecule has 5 nitrogen and oxygen atoms in total. The summed E-state index contributed by atoms with van der Waals surface area (Å²) in [4.78, 5) is 13.1. The molecule has 4 aromatic heterocycles. The Morgan fingerprint density at radius 3 is 2.00 bits per heavy atom. The smallest absolute Gasteiger partial charge is 0.121 e. The minimum absolute atomic E-state index is 0. The topological polar surface area (TPSA) is 56.7 Å². The van der Waals surface area contributed by atoms with Gasteiger partial charge in [0, 0.05) is 45.6 Å². The first-order valence-electron chi connectivity index (χ1n) is 23.2. The van der Waals surface area contributed by atoms with E-state index in [0.29, 0.717) is 11.3 Å². The number of furan rings is 1. The molecule has 0 aliphatic heterocycles. The maximum atomic E-state index is 7.26. The number of imidazole rings is 1. The maximum Gasteiger partial charge on any atom is 0.121 e. The van der Waals surface area contributed by atoms with Gasteiger partial charge < -0.3 is 19.0 Å². The van der Waals surface area contributed by atoms with E-state index < -0.39 is 13.7 Å². The number of pyridine rings is 2. The summed E-state index contributed by atoms with van der Waals surface area (Å²) in [6, 6.07) is 54.4. The molecule has 0 unspecified atom stereocenters.